The lowest BCUT2D eigenvalue weighted by atomic mass is 9.94. The molecular weight excluding hydrogens is 459 g/mol. The number of aryl methyl sites for hydroxylation is 1. The average Bonchev–Trinajstić information content (AvgIpc) is 3.37. The second-order valence-corrected chi connectivity index (χ2v) is 8.62. The number of amides is 2. The van der Waals surface area contributed by atoms with Crippen LogP contribution in [0.2, 0.25) is 0 Å². The van der Waals surface area contributed by atoms with Gasteiger partial charge in [0.25, 0.3) is 5.89 Å². The number of aromatic nitrogens is 2. The molecule has 1 aliphatic heterocycles. The summed E-state index contributed by atoms with van der Waals surface area (Å²) in [6.45, 7) is 3.86. The molecule has 0 bridgehead atoms. The summed E-state index contributed by atoms with van der Waals surface area (Å²) in [4.78, 5) is 19.4. The normalized spacial score (nSPS) is 15.7. The number of hydrogen-bond donors (Lipinski definition) is 1. The van der Waals surface area contributed by atoms with Crippen LogP contribution in [0, 0.1) is 12.7 Å². The molecule has 1 aliphatic rings. The van der Waals surface area contributed by atoms with Crippen molar-refractivity contribution in [2.45, 2.75) is 26.4 Å². The van der Waals surface area contributed by atoms with Gasteiger partial charge in [-0.15, -0.1) is 0 Å². The zero-order chi connectivity index (χ0) is 25.2. The fourth-order valence-electron chi connectivity index (χ4n) is 4.33. The first-order chi connectivity index (χ1) is 17.4. The number of rotatable bonds is 6. The van der Waals surface area contributed by atoms with Crippen LogP contribution in [0.3, 0.4) is 0 Å². The fourth-order valence-corrected chi connectivity index (χ4v) is 4.33. The molecule has 1 aromatic heterocycles. The van der Waals surface area contributed by atoms with Crippen LogP contribution in [0.1, 0.15) is 35.5 Å². The van der Waals surface area contributed by atoms with Crippen LogP contribution in [0.4, 0.5) is 9.18 Å². The van der Waals surface area contributed by atoms with E-state index in [1.807, 2.05) is 62.4 Å². The maximum Gasteiger partial charge on any atom is 0.322 e. The van der Waals surface area contributed by atoms with E-state index >= 15 is 0 Å². The molecule has 2 heterocycles. The average molecular weight is 485 g/mol. The minimum atomic E-state index is -0.550. The van der Waals surface area contributed by atoms with Crippen LogP contribution >= 0.6 is 0 Å². The number of methoxy groups -OCH3 is 1. The van der Waals surface area contributed by atoms with Crippen LogP contribution in [0.15, 0.2) is 83.0 Å². The first kappa shape index (κ1) is 23.3. The van der Waals surface area contributed by atoms with E-state index in [4.69, 9.17) is 9.26 Å². The summed E-state index contributed by atoms with van der Waals surface area (Å²) in [5.74, 6) is 1.05. The van der Waals surface area contributed by atoms with Gasteiger partial charge in [0.1, 0.15) is 11.6 Å². The number of benzene rings is 3. The van der Waals surface area contributed by atoms with Gasteiger partial charge in [-0.1, -0.05) is 59.3 Å². The molecule has 182 valence electrons. The molecule has 1 atom stereocenters. The topological polar surface area (TPSA) is 80.5 Å². The quantitative estimate of drug-likeness (QED) is 0.369. The van der Waals surface area contributed by atoms with Gasteiger partial charge in [0.05, 0.1) is 25.3 Å². The number of nitrogens with zero attached hydrogens (tertiary/aromatic N) is 3. The third kappa shape index (κ3) is 4.45. The largest absolute Gasteiger partial charge is 0.497 e. The Morgan fingerprint density at radius 1 is 1.06 bits per heavy atom. The van der Waals surface area contributed by atoms with Crippen molar-refractivity contribution in [2.75, 3.05) is 7.11 Å². The Kier molecular flexibility index (Phi) is 6.25. The maximum atomic E-state index is 14.4. The number of urea groups is 1. The number of allylic oxidation sites excluding steroid dienone is 1. The predicted octanol–water partition coefficient (Wildman–Crippen LogP) is 5.89. The number of carbonyl (C=O) groups excluding carboxylic acids is 1. The number of nitrogens with one attached hydrogen (secondary N) is 1. The summed E-state index contributed by atoms with van der Waals surface area (Å²) in [5.41, 5.74) is 4.36. The van der Waals surface area contributed by atoms with Gasteiger partial charge in [-0.25, -0.2) is 9.18 Å². The maximum absolute atomic E-state index is 14.4. The van der Waals surface area contributed by atoms with E-state index in [0.29, 0.717) is 28.4 Å². The molecule has 8 heteroatoms. The van der Waals surface area contributed by atoms with Crippen LogP contribution in [0.25, 0.3) is 17.0 Å². The lowest BCUT2D eigenvalue weighted by molar-refractivity contribution is 0.202. The van der Waals surface area contributed by atoms with Crippen molar-refractivity contribution in [3.63, 3.8) is 0 Å². The van der Waals surface area contributed by atoms with Crippen molar-refractivity contribution < 1.29 is 18.4 Å². The highest BCUT2D eigenvalue weighted by molar-refractivity contribution is 5.87. The van der Waals surface area contributed by atoms with E-state index in [0.717, 1.165) is 16.7 Å². The summed E-state index contributed by atoms with van der Waals surface area (Å²) < 4.78 is 25.4. The van der Waals surface area contributed by atoms with Gasteiger partial charge in [0.2, 0.25) is 5.82 Å². The molecule has 0 spiro atoms. The predicted molar refractivity (Wildman–Crippen MR) is 133 cm³/mol. The van der Waals surface area contributed by atoms with Gasteiger partial charge >= 0.3 is 6.03 Å². The molecule has 7 nitrogen and oxygen atoms in total. The highest BCUT2D eigenvalue weighted by atomic mass is 19.1. The second-order valence-electron chi connectivity index (χ2n) is 8.62. The smallest absolute Gasteiger partial charge is 0.322 e. The minimum Gasteiger partial charge on any atom is -0.497 e. The molecule has 36 heavy (non-hydrogen) atoms. The van der Waals surface area contributed by atoms with Crippen LogP contribution in [0.5, 0.6) is 5.75 Å². The summed E-state index contributed by atoms with van der Waals surface area (Å²) >= 11 is 0. The Labute approximate surface area is 208 Å². The van der Waals surface area contributed by atoms with Crippen molar-refractivity contribution >= 4 is 11.6 Å². The Hall–Kier alpha value is -4.46. The number of hydrogen-bond acceptors (Lipinski definition) is 5. The first-order valence-electron chi connectivity index (χ1n) is 11.5. The van der Waals surface area contributed by atoms with Gasteiger partial charge in [-0.3, -0.25) is 4.90 Å². The van der Waals surface area contributed by atoms with Crippen molar-refractivity contribution in [2.24, 2.45) is 0 Å². The molecule has 0 saturated heterocycles. The first-order valence-corrected chi connectivity index (χ1v) is 11.5. The third-order valence-corrected chi connectivity index (χ3v) is 6.26. The van der Waals surface area contributed by atoms with E-state index in [2.05, 4.69) is 15.5 Å². The van der Waals surface area contributed by atoms with Crippen molar-refractivity contribution in [3.8, 4) is 17.1 Å². The van der Waals surface area contributed by atoms with Gasteiger partial charge in [-0.05, 0) is 43.7 Å². The Bertz CT molecular complexity index is 1450. The van der Waals surface area contributed by atoms with E-state index in [-0.39, 0.29) is 24.3 Å². The highest BCUT2D eigenvalue weighted by Gasteiger charge is 2.36. The van der Waals surface area contributed by atoms with Gasteiger partial charge in [0.15, 0.2) is 0 Å². The number of carbonyl (C=O) groups is 1. The molecule has 3 aromatic carbocycles. The number of halogens is 1. The summed E-state index contributed by atoms with van der Waals surface area (Å²) in [5, 5.41) is 7.24. The van der Waals surface area contributed by atoms with Gasteiger partial charge < -0.3 is 14.6 Å². The highest BCUT2D eigenvalue weighted by Crippen LogP contribution is 2.38. The molecule has 5 rings (SSSR count). The molecule has 4 aromatic rings. The Morgan fingerprint density at radius 3 is 2.56 bits per heavy atom. The molecule has 1 unspecified atom stereocenters. The van der Waals surface area contributed by atoms with Crippen LogP contribution in [-0.4, -0.2) is 28.2 Å². The van der Waals surface area contributed by atoms with Crippen molar-refractivity contribution in [1.82, 2.24) is 20.4 Å². The van der Waals surface area contributed by atoms with Gasteiger partial charge in [0, 0.05) is 16.8 Å². The van der Waals surface area contributed by atoms with Crippen LogP contribution in [-0.2, 0) is 6.54 Å². The monoisotopic (exact) mass is 484 g/mol. The third-order valence-electron chi connectivity index (χ3n) is 6.26. The molecular formula is C28H25FN4O3. The minimum absolute atomic E-state index is 0.0576. The molecule has 0 aliphatic carbocycles. The molecule has 0 fully saturated rings. The number of ether oxygens (including phenoxy) is 1. The summed E-state index contributed by atoms with van der Waals surface area (Å²) in [6, 6.07) is 20.7. The van der Waals surface area contributed by atoms with E-state index in [9.17, 15) is 9.18 Å². The zero-order valence-corrected chi connectivity index (χ0v) is 20.2. The van der Waals surface area contributed by atoms with Gasteiger partial charge in [-0.2, -0.15) is 4.98 Å². The lowest BCUT2D eigenvalue weighted by Crippen LogP contribution is -2.45. The molecule has 2 amide bonds. The SMILES string of the molecule is COc1ccc(C2NC(=O)N(Cc3ccccc3F)C(C)=C2c2nc(-c3cccc(C)c3)no2)cc1. The van der Waals surface area contributed by atoms with Crippen molar-refractivity contribution in [3.05, 3.63) is 107 Å². The van der Waals surface area contributed by atoms with E-state index in [1.165, 1.54) is 11.0 Å². The molecule has 0 radical (unpaired) electrons. The standard InChI is InChI=1S/C28H25FN4O3/c1-17-7-6-9-20(15-17)26-31-27(36-32-26)24-18(2)33(16-21-8-4-5-10-23(21)29)28(34)30-25(24)19-11-13-22(35-3)14-12-19/h4-15,25H,16H2,1-3H3,(H,30,34). The fraction of sp³-hybridized carbons (Fsp3) is 0.179. The zero-order valence-electron chi connectivity index (χ0n) is 20.2. The summed E-state index contributed by atoms with van der Waals surface area (Å²) in [6.07, 6.45) is 0. The summed E-state index contributed by atoms with van der Waals surface area (Å²) in [7, 11) is 1.60. The Morgan fingerprint density at radius 2 is 1.83 bits per heavy atom. The Balaban J connectivity index is 1.60. The second kappa shape index (κ2) is 9.65. The molecule has 1 N–H and O–H groups in total. The van der Waals surface area contributed by atoms with E-state index in [1.54, 1.807) is 25.3 Å². The van der Waals surface area contributed by atoms with E-state index < -0.39 is 6.04 Å². The lowest BCUT2D eigenvalue weighted by Gasteiger charge is -2.35. The van der Waals surface area contributed by atoms with Crippen LogP contribution < -0.4 is 10.1 Å². The van der Waals surface area contributed by atoms with Crippen molar-refractivity contribution in [1.29, 1.82) is 0 Å². The molecule has 0 saturated carbocycles.